The molecule has 1 aliphatic rings. The second-order valence-electron chi connectivity index (χ2n) is 2.73. The van der Waals surface area contributed by atoms with Crippen LogP contribution in [0.25, 0.3) is 0 Å². The van der Waals surface area contributed by atoms with Crippen LogP contribution < -0.4 is 0 Å². The van der Waals surface area contributed by atoms with Crippen LogP contribution in [0.1, 0.15) is 31.6 Å². The zero-order chi connectivity index (χ0) is 6.97. The molecule has 0 saturated heterocycles. The lowest BCUT2D eigenvalue weighted by atomic mass is 10.5. The molecule has 0 aliphatic heterocycles. The van der Waals surface area contributed by atoms with Gasteiger partial charge in [-0.15, -0.1) is 0 Å². The van der Waals surface area contributed by atoms with Gasteiger partial charge < -0.3 is 0 Å². The fourth-order valence-corrected chi connectivity index (χ4v) is 0.988. The highest BCUT2D eigenvalue weighted by Gasteiger charge is 2.24. The van der Waals surface area contributed by atoms with E-state index in [4.69, 9.17) is 0 Å². The van der Waals surface area contributed by atoms with Crippen LogP contribution in [0.3, 0.4) is 0 Å². The van der Waals surface area contributed by atoms with Crippen LogP contribution in [0.4, 0.5) is 0 Å². The molecule has 0 radical (unpaired) electrons. The summed E-state index contributed by atoms with van der Waals surface area (Å²) in [7, 11) is 0. The summed E-state index contributed by atoms with van der Waals surface area (Å²) in [4.78, 5) is 4.15. The van der Waals surface area contributed by atoms with E-state index in [1.54, 1.807) is 0 Å². The van der Waals surface area contributed by atoms with Crippen LogP contribution in [0.15, 0.2) is 6.33 Å². The van der Waals surface area contributed by atoms with Crippen molar-refractivity contribution < 1.29 is 0 Å². The Morgan fingerprint density at radius 1 is 1.70 bits per heavy atom. The third-order valence-electron chi connectivity index (χ3n) is 1.79. The van der Waals surface area contributed by atoms with Gasteiger partial charge in [-0.3, -0.25) is 0 Å². The van der Waals surface area contributed by atoms with Crippen molar-refractivity contribution in [3.8, 4) is 0 Å². The van der Waals surface area contributed by atoms with E-state index in [2.05, 4.69) is 17.0 Å². The first-order valence-electron chi connectivity index (χ1n) is 3.80. The van der Waals surface area contributed by atoms with Gasteiger partial charge in [0.15, 0.2) is 0 Å². The quantitative estimate of drug-likeness (QED) is 0.612. The highest BCUT2D eigenvalue weighted by Crippen LogP contribution is 2.33. The summed E-state index contributed by atoms with van der Waals surface area (Å²) in [6.07, 6.45) is 5.36. The molecular formula is C7H11N3. The number of aryl methyl sites for hydroxylation is 1. The van der Waals surface area contributed by atoms with Gasteiger partial charge in [0.1, 0.15) is 12.2 Å². The molecule has 1 aromatic heterocycles. The molecule has 54 valence electrons. The molecule has 0 aromatic carbocycles. The summed E-state index contributed by atoms with van der Waals surface area (Å²) >= 11 is 0. The minimum Gasteiger partial charge on any atom is -0.250 e. The van der Waals surface area contributed by atoms with E-state index in [-0.39, 0.29) is 0 Å². The lowest BCUT2D eigenvalue weighted by Crippen LogP contribution is -1.94. The Bertz CT molecular complexity index is 225. The van der Waals surface area contributed by atoms with Gasteiger partial charge in [0.2, 0.25) is 0 Å². The molecule has 3 heteroatoms. The van der Waals surface area contributed by atoms with Gasteiger partial charge >= 0.3 is 0 Å². The van der Waals surface area contributed by atoms with Crippen LogP contribution >= 0.6 is 0 Å². The van der Waals surface area contributed by atoms with E-state index in [1.807, 2.05) is 11.0 Å². The summed E-state index contributed by atoms with van der Waals surface area (Å²) in [5.74, 6) is 0.965. The Kier molecular flexibility index (Phi) is 1.22. The Morgan fingerprint density at radius 2 is 2.50 bits per heavy atom. The molecule has 1 heterocycles. The van der Waals surface area contributed by atoms with Crippen molar-refractivity contribution in [2.24, 2.45) is 0 Å². The van der Waals surface area contributed by atoms with E-state index in [0.717, 1.165) is 12.2 Å². The summed E-state index contributed by atoms with van der Waals surface area (Å²) in [5, 5.41) is 4.30. The first kappa shape index (κ1) is 5.89. The third-order valence-corrected chi connectivity index (χ3v) is 1.79. The lowest BCUT2D eigenvalue weighted by molar-refractivity contribution is 0.630. The van der Waals surface area contributed by atoms with Gasteiger partial charge in [-0.25, -0.2) is 9.67 Å². The molecule has 1 fully saturated rings. The van der Waals surface area contributed by atoms with E-state index < -0.39 is 0 Å². The van der Waals surface area contributed by atoms with Crippen molar-refractivity contribution in [2.75, 3.05) is 0 Å². The van der Waals surface area contributed by atoms with Crippen LogP contribution in [0.2, 0.25) is 0 Å². The zero-order valence-electron chi connectivity index (χ0n) is 6.12. The molecule has 0 amide bonds. The van der Waals surface area contributed by atoms with Crippen molar-refractivity contribution in [3.05, 3.63) is 12.2 Å². The number of rotatable bonds is 2. The van der Waals surface area contributed by atoms with Gasteiger partial charge in [-0.2, -0.15) is 5.10 Å². The Hall–Kier alpha value is -0.860. The van der Waals surface area contributed by atoms with Gasteiger partial charge in [0.25, 0.3) is 0 Å². The second-order valence-corrected chi connectivity index (χ2v) is 2.73. The number of hydrogen-bond acceptors (Lipinski definition) is 2. The predicted octanol–water partition coefficient (Wildman–Crippen LogP) is 1.18. The Labute approximate surface area is 60.1 Å². The summed E-state index contributed by atoms with van der Waals surface area (Å²) in [6.45, 7) is 2.08. The first-order chi connectivity index (χ1) is 4.90. The molecule has 0 unspecified atom stereocenters. The van der Waals surface area contributed by atoms with Gasteiger partial charge in [-0.05, 0) is 12.8 Å². The first-order valence-corrected chi connectivity index (χ1v) is 3.80. The maximum absolute atomic E-state index is 4.30. The number of aromatic nitrogens is 3. The molecule has 0 spiro atoms. The fourth-order valence-electron chi connectivity index (χ4n) is 0.988. The van der Waals surface area contributed by atoms with E-state index in [0.29, 0.717) is 6.04 Å². The molecule has 0 N–H and O–H groups in total. The summed E-state index contributed by atoms with van der Waals surface area (Å²) in [5.41, 5.74) is 0. The minimum absolute atomic E-state index is 0.674. The molecule has 1 aliphatic carbocycles. The van der Waals surface area contributed by atoms with Crippen molar-refractivity contribution in [3.63, 3.8) is 0 Å². The Balaban J connectivity index is 2.19. The maximum Gasteiger partial charge on any atom is 0.150 e. The van der Waals surface area contributed by atoms with E-state index in [1.165, 1.54) is 12.8 Å². The molecule has 0 atom stereocenters. The number of nitrogens with zero attached hydrogens (tertiary/aromatic N) is 3. The lowest BCUT2D eigenvalue weighted by Gasteiger charge is -1.90. The molecule has 0 bridgehead atoms. The Morgan fingerprint density at radius 3 is 3.00 bits per heavy atom. The molecule has 2 rings (SSSR count). The standard InChI is InChI=1S/C7H11N3/c1-2-7-8-5-10(9-7)6-3-4-6/h5-6H,2-4H2,1H3. The highest BCUT2D eigenvalue weighted by molar-refractivity contribution is 4.86. The molecule has 1 aromatic rings. The van der Waals surface area contributed by atoms with Crippen LogP contribution in [-0.2, 0) is 6.42 Å². The SMILES string of the molecule is CCc1ncn(C2CC2)n1. The largest absolute Gasteiger partial charge is 0.250 e. The molecular weight excluding hydrogens is 126 g/mol. The highest BCUT2D eigenvalue weighted by atomic mass is 15.4. The van der Waals surface area contributed by atoms with E-state index >= 15 is 0 Å². The molecule has 1 saturated carbocycles. The minimum atomic E-state index is 0.674. The van der Waals surface area contributed by atoms with Crippen molar-refractivity contribution in [1.29, 1.82) is 0 Å². The predicted molar refractivity (Wildman–Crippen MR) is 37.7 cm³/mol. The fraction of sp³-hybridized carbons (Fsp3) is 0.714. The smallest absolute Gasteiger partial charge is 0.150 e. The second kappa shape index (κ2) is 2.08. The summed E-state index contributed by atoms with van der Waals surface area (Å²) in [6, 6.07) is 0.674. The average molecular weight is 137 g/mol. The topological polar surface area (TPSA) is 30.7 Å². The van der Waals surface area contributed by atoms with Crippen molar-refractivity contribution in [1.82, 2.24) is 14.8 Å². The molecule has 10 heavy (non-hydrogen) atoms. The van der Waals surface area contributed by atoms with Crippen molar-refractivity contribution in [2.45, 2.75) is 32.2 Å². The number of hydrogen-bond donors (Lipinski definition) is 0. The van der Waals surface area contributed by atoms with E-state index in [9.17, 15) is 0 Å². The molecule has 3 nitrogen and oxygen atoms in total. The summed E-state index contributed by atoms with van der Waals surface area (Å²) < 4.78 is 1.98. The van der Waals surface area contributed by atoms with Crippen molar-refractivity contribution >= 4 is 0 Å². The monoisotopic (exact) mass is 137 g/mol. The van der Waals surface area contributed by atoms with Gasteiger partial charge in [0.05, 0.1) is 6.04 Å². The third kappa shape index (κ3) is 0.916. The van der Waals surface area contributed by atoms with Crippen LogP contribution in [0.5, 0.6) is 0 Å². The van der Waals surface area contributed by atoms with Crippen LogP contribution in [-0.4, -0.2) is 14.8 Å². The maximum atomic E-state index is 4.30. The average Bonchev–Trinajstić information content (AvgIpc) is 2.70. The van der Waals surface area contributed by atoms with Gasteiger partial charge in [0, 0.05) is 6.42 Å². The van der Waals surface area contributed by atoms with Gasteiger partial charge in [-0.1, -0.05) is 6.92 Å². The van der Waals surface area contributed by atoms with Crippen LogP contribution in [0, 0.1) is 0 Å². The zero-order valence-corrected chi connectivity index (χ0v) is 6.12. The normalized spacial score (nSPS) is 17.7.